The average molecular weight is 148 g/mol. The fraction of sp³-hybridized carbons (Fsp3) is 0. The van der Waals surface area contributed by atoms with Crippen molar-refractivity contribution in [2.75, 3.05) is 0 Å². The van der Waals surface area contributed by atoms with Gasteiger partial charge in [0.15, 0.2) is 5.84 Å². The van der Waals surface area contributed by atoms with E-state index in [2.05, 4.69) is 21.6 Å². The van der Waals surface area contributed by atoms with Gasteiger partial charge in [-0.05, 0) is 0 Å². The minimum Gasteiger partial charge on any atom is -0.404 e. The van der Waals surface area contributed by atoms with Crippen molar-refractivity contribution >= 4 is 18.4 Å². The Morgan fingerprint density at radius 3 is 3.09 bits per heavy atom. The molecule has 0 spiro atoms. The molecule has 56 valence electrons. The van der Waals surface area contributed by atoms with Crippen molar-refractivity contribution in [3.05, 3.63) is 24.6 Å². The van der Waals surface area contributed by atoms with E-state index in [1.54, 1.807) is 6.21 Å². The quantitative estimate of drug-likeness (QED) is 0.577. The van der Waals surface area contributed by atoms with Crippen LogP contribution in [-0.2, 0) is 0 Å². The number of hydrogen-bond acceptors (Lipinski definition) is 3. The van der Waals surface area contributed by atoms with E-state index in [0.29, 0.717) is 11.4 Å². The molecule has 0 fully saturated rings. The summed E-state index contributed by atoms with van der Waals surface area (Å²) in [6.07, 6.45) is 5.82. The molecule has 0 aliphatic carbocycles. The van der Waals surface area contributed by atoms with Crippen molar-refractivity contribution in [3.63, 3.8) is 0 Å². The molecule has 0 saturated carbocycles. The fourth-order valence-electron chi connectivity index (χ4n) is 0.646. The lowest BCUT2D eigenvalue weighted by Gasteiger charge is -2.00. The molecule has 1 rings (SSSR count). The second-order valence-electron chi connectivity index (χ2n) is 1.78. The largest absolute Gasteiger partial charge is 0.404 e. The molecule has 2 N–H and O–H groups in total. The molecule has 0 atom stereocenters. The number of hydrogen-bond donors (Lipinski definition) is 1. The monoisotopic (exact) mass is 148 g/mol. The van der Waals surface area contributed by atoms with Gasteiger partial charge in [0, 0.05) is 18.6 Å². The number of rotatable bonds is 1. The van der Waals surface area contributed by atoms with E-state index >= 15 is 0 Å². The SMILES string of the molecule is C=C/N=C1/N=CN=C/C1=C/N. The zero-order valence-corrected chi connectivity index (χ0v) is 5.94. The lowest BCUT2D eigenvalue weighted by Crippen LogP contribution is -2.07. The molecule has 0 bridgehead atoms. The van der Waals surface area contributed by atoms with E-state index < -0.39 is 0 Å². The highest BCUT2D eigenvalue weighted by molar-refractivity contribution is 6.20. The zero-order valence-electron chi connectivity index (χ0n) is 5.94. The first-order valence-corrected chi connectivity index (χ1v) is 3.05. The Hall–Kier alpha value is -1.71. The topological polar surface area (TPSA) is 63.1 Å². The van der Waals surface area contributed by atoms with Crippen LogP contribution in [0.2, 0.25) is 0 Å². The Labute approximate surface area is 64.6 Å². The van der Waals surface area contributed by atoms with Gasteiger partial charge >= 0.3 is 0 Å². The Balaban J connectivity index is 2.97. The van der Waals surface area contributed by atoms with E-state index in [4.69, 9.17) is 5.73 Å². The van der Waals surface area contributed by atoms with Gasteiger partial charge in [0.05, 0.1) is 5.57 Å². The van der Waals surface area contributed by atoms with Crippen molar-refractivity contribution in [2.24, 2.45) is 20.7 Å². The standard InChI is InChI=1S/C7H8N4/c1-2-10-7-6(3-8)4-9-5-11-7/h2-5H,1,8H2/b6-3-,10-7+. The highest BCUT2D eigenvalue weighted by Crippen LogP contribution is 1.99. The van der Waals surface area contributed by atoms with E-state index in [9.17, 15) is 0 Å². The van der Waals surface area contributed by atoms with Crippen LogP contribution < -0.4 is 5.73 Å². The summed E-state index contributed by atoms with van der Waals surface area (Å²) in [6.45, 7) is 3.45. The van der Waals surface area contributed by atoms with Crippen LogP contribution in [0, 0.1) is 0 Å². The van der Waals surface area contributed by atoms with Crippen LogP contribution in [0.15, 0.2) is 39.5 Å². The maximum atomic E-state index is 5.28. The third-order valence-electron chi connectivity index (χ3n) is 1.11. The maximum absolute atomic E-state index is 5.28. The molecule has 4 heteroatoms. The van der Waals surface area contributed by atoms with Crippen molar-refractivity contribution < 1.29 is 0 Å². The molecule has 11 heavy (non-hydrogen) atoms. The molecule has 0 amide bonds. The first-order chi connectivity index (χ1) is 5.38. The zero-order chi connectivity index (χ0) is 8.10. The van der Waals surface area contributed by atoms with Gasteiger partial charge in [-0.15, -0.1) is 0 Å². The van der Waals surface area contributed by atoms with Gasteiger partial charge in [0.1, 0.15) is 6.34 Å². The highest BCUT2D eigenvalue weighted by atomic mass is 15.0. The predicted octanol–water partition coefficient (Wildman–Crippen LogP) is 0.484. The van der Waals surface area contributed by atoms with Gasteiger partial charge in [-0.3, -0.25) is 0 Å². The van der Waals surface area contributed by atoms with Gasteiger partial charge in [-0.2, -0.15) is 0 Å². The van der Waals surface area contributed by atoms with E-state index in [1.165, 1.54) is 18.7 Å². The molecule has 0 aromatic carbocycles. The second-order valence-corrected chi connectivity index (χ2v) is 1.78. The summed E-state index contributed by atoms with van der Waals surface area (Å²) in [5.41, 5.74) is 5.98. The van der Waals surface area contributed by atoms with E-state index in [0.717, 1.165) is 0 Å². The molecular weight excluding hydrogens is 140 g/mol. The van der Waals surface area contributed by atoms with Crippen LogP contribution in [0.4, 0.5) is 0 Å². The summed E-state index contributed by atoms with van der Waals surface area (Å²) in [6, 6.07) is 0. The number of aliphatic imine (C=N–C) groups is 3. The Morgan fingerprint density at radius 1 is 1.64 bits per heavy atom. The van der Waals surface area contributed by atoms with E-state index in [-0.39, 0.29) is 0 Å². The minimum atomic E-state index is 0.539. The average Bonchev–Trinajstić information content (AvgIpc) is 2.06. The summed E-state index contributed by atoms with van der Waals surface area (Å²) in [7, 11) is 0. The lowest BCUT2D eigenvalue weighted by atomic mass is 10.3. The molecular formula is C7H8N4. The third-order valence-corrected chi connectivity index (χ3v) is 1.11. The van der Waals surface area contributed by atoms with Crippen molar-refractivity contribution in [1.29, 1.82) is 0 Å². The predicted molar refractivity (Wildman–Crippen MR) is 46.9 cm³/mol. The van der Waals surface area contributed by atoms with Crippen LogP contribution >= 0.6 is 0 Å². The smallest absolute Gasteiger partial charge is 0.163 e. The van der Waals surface area contributed by atoms with Crippen LogP contribution in [0.25, 0.3) is 0 Å². The molecule has 0 unspecified atom stereocenters. The first kappa shape index (κ1) is 7.40. The Morgan fingerprint density at radius 2 is 2.45 bits per heavy atom. The molecule has 0 radical (unpaired) electrons. The van der Waals surface area contributed by atoms with Gasteiger partial charge in [0.2, 0.25) is 0 Å². The van der Waals surface area contributed by atoms with Gasteiger partial charge in [-0.1, -0.05) is 6.58 Å². The summed E-state index contributed by atoms with van der Waals surface area (Å²) in [5.74, 6) is 0.539. The molecule has 1 aliphatic rings. The summed E-state index contributed by atoms with van der Waals surface area (Å²) in [4.78, 5) is 11.5. The summed E-state index contributed by atoms with van der Waals surface area (Å²) < 4.78 is 0. The maximum Gasteiger partial charge on any atom is 0.163 e. The van der Waals surface area contributed by atoms with Gasteiger partial charge in [-0.25, -0.2) is 15.0 Å². The molecule has 0 aromatic rings. The van der Waals surface area contributed by atoms with Crippen molar-refractivity contribution in [2.45, 2.75) is 0 Å². The lowest BCUT2D eigenvalue weighted by molar-refractivity contribution is 1.45. The van der Waals surface area contributed by atoms with Gasteiger partial charge < -0.3 is 5.73 Å². The van der Waals surface area contributed by atoms with E-state index in [1.807, 2.05) is 0 Å². The van der Waals surface area contributed by atoms with Crippen LogP contribution in [0.5, 0.6) is 0 Å². The fourth-order valence-corrected chi connectivity index (χ4v) is 0.646. The second kappa shape index (κ2) is 3.46. The van der Waals surface area contributed by atoms with Crippen molar-refractivity contribution in [3.8, 4) is 0 Å². The van der Waals surface area contributed by atoms with Crippen LogP contribution in [0.1, 0.15) is 0 Å². The Bertz CT molecular complexity index is 270. The van der Waals surface area contributed by atoms with Crippen LogP contribution in [0.3, 0.4) is 0 Å². The molecule has 0 saturated heterocycles. The van der Waals surface area contributed by atoms with Crippen molar-refractivity contribution in [1.82, 2.24) is 0 Å². The number of amidine groups is 1. The molecule has 1 aliphatic heterocycles. The molecule has 4 nitrogen and oxygen atoms in total. The summed E-state index contributed by atoms with van der Waals surface area (Å²) >= 11 is 0. The molecule has 1 heterocycles. The molecule has 0 aromatic heterocycles. The van der Waals surface area contributed by atoms with Gasteiger partial charge in [0.25, 0.3) is 0 Å². The van der Waals surface area contributed by atoms with Crippen LogP contribution in [-0.4, -0.2) is 18.4 Å². The minimum absolute atomic E-state index is 0.539. The number of nitrogens with zero attached hydrogens (tertiary/aromatic N) is 3. The third kappa shape index (κ3) is 1.61. The summed E-state index contributed by atoms with van der Waals surface area (Å²) in [5, 5.41) is 0. The number of nitrogens with two attached hydrogens (primary N) is 1. The Kier molecular flexibility index (Phi) is 2.32. The highest BCUT2D eigenvalue weighted by Gasteiger charge is 2.03. The normalized spacial score (nSPS) is 22.9. The first-order valence-electron chi connectivity index (χ1n) is 3.05.